The SMILES string of the molecule is COC(=O)c1sc(C(=O)c2ccccc2)c(OC)c1-c1ccccc1. The van der Waals surface area contributed by atoms with Crippen molar-refractivity contribution < 1.29 is 19.1 Å². The number of hydrogen-bond acceptors (Lipinski definition) is 5. The minimum atomic E-state index is -0.491. The van der Waals surface area contributed by atoms with Crippen LogP contribution in [0, 0.1) is 0 Å². The van der Waals surface area contributed by atoms with Crippen LogP contribution in [0.25, 0.3) is 11.1 Å². The Kier molecular flexibility index (Phi) is 4.95. The monoisotopic (exact) mass is 352 g/mol. The lowest BCUT2D eigenvalue weighted by atomic mass is 10.0. The zero-order valence-corrected chi connectivity index (χ0v) is 14.6. The van der Waals surface area contributed by atoms with Gasteiger partial charge in [0.1, 0.15) is 15.5 Å². The highest BCUT2D eigenvalue weighted by atomic mass is 32.1. The molecule has 0 N–H and O–H groups in total. The van der Waals surface area contributed by atoms with Crippen LogP contribution in [0.4, 0.5) is 0 Å². The Labute approximate surface area is 149 Å². The van der Waals surface area contributed by atoms with Gasteiger partial charge in [0.05, 0.1) is 19.8 Å². The number of hydrogen-bond donors (Lipinski definition) is 0. The summed E-state index contributed by atoms with van der Waals surface area (Å²) in [6.07, 6.45) is 0. The molecule has 2 aromatic carbocycles. The summed E-state index contributed by atoms with van der Waals surface area (Å²) in [5, 5.41) is 0. The van der Waals surface area contributed by atoms with Crippen molar-refractivity contribution in [3.05, 3.63) is 76.0 Å². The molecule has 0 radical (unpaired) electrons. The molecule has 25 heavy (non-hydrogen) atoms. The molecule has 3 rings (SSSR count). The first-order valence-corrected chi connectivity index (χ1v) is 8.43. The number of carbonyl (C=O) groups is 2. The summed E-state index contributed by atoms with van der Waals surface area (Å²) in [6, 6.07) is 18.3. The van der Waals surface area contributed by atoms with Gasteiger partial charge < -0.3 is 9.47 Å². The second-order valence-corrected chi connectivity index (χ2v) is 6.24. The minimum Gasteiger partial charge on any atom is -0.494 e. The van der Waals surface area contributed by atoms with Crippen molar-refractivity contribution in [2.75, 3.05) is 14.2 Å². The smallest absolute Gasteiger partial charge is 0.348 e. The molecule has 0 fully saturated rings. The molecule has 1 heterocycles. The summed E-state index contributed by atoms with van der Waals surface area (Å²) in [5.41, 5.74) is 1.92. The van der Waals surface area contributed by atoms with Gasteiger partial charge in [0, 0.05) is 5.56 Å². The molecule has 0 saturated carbocycles. The van der Waals surface area contributed by atoms with Crippen LogP contribution in [0.5, 0.6) is 5.75 Å². The standard InChI is InChI=1S/C20H16O4S/c1-23-17-15(13-9-5-3-6-10-13)18(20(22)24-2)25-19(17)16(21)14-11-7-4-8-12-14/h3-12H,1-2H3. The summed E-state index contributed by atoms with van der Waals surface area (Å²) < 4.78 is 10.4. The fourth-order valence-corrected chi connectivity index (χ4v) is 3.76. The molecule has 1 aromatic heterocycles. The summed E-state index contributed by atoms with van der Waals surface area (Å²) in [6.45, 7) is 0. The Balaban J connectivity index is 2.22. The third-order valence-electron chi connectivity index (χ3n) is 3.74. The van der Waals surface area contributed by atoms with Crippen LogP contribution in [0.15, 0.2) is 60.7 Å². The molecule has 0 saturated heterocycles. The maximum Gasteiger partial charge on any atom is 0.348 e. The predicted molar refractivity (Wildman–Crippen MR) is 97.5 cm³/mol. The van der Waals surface area contributed by atoms with E-state index in [1.165, 1.54) is 14.2 Å². The molecule has 0 spiro atoms. The Morgan fingerprint density at radius 2 is 1.44 bits per heavy atom. The predicted octanol–water partition coefficient (Wildman–Crippen LogP) is 4.44. The maximum absolute atomic E-state index is 12.9. The van der Waals surface area contributed by atoms with Crippen molar-refractivity contribution >= 4 is 23.1 Å². The van der Waals surface area contributed by atoms with Gasteiger partial charge in [-0.05, 0) is 5.56 Å². The van der Waals surface area contributed by atoms with Gasteiger partial charge in [0.15, 0.2) is 0 Å². The number of benzene rings is 2. The fourth-order valence-electron chi connectivity index (χ4n) is 2.58. The Hall–Kier alpha value is -2.92. The lowest BCUT2D eigenvalue weighted by Gasteiger charge is -2.07. The molecule has 126 valence electrons. The first-order valence-electron chi connectivity index (χ1n) is 7.61. The molecule has 0 aliphatic rings. The van der Waals surface area contributed by atoms with Crippen LogP contribution >= 0.6 is 11.3 Å². The van der Waals surface area contributed by atoms with E-state index in [4.69, 9.17) is 9.47 Å². The molecule has 3 aromatic rings. The van der Waals surface area contributed by atoms with E-state index in [0.29, 0.717) is 26.6 Å². The second kappa shape index (κ2) is 7.32. The van der Waals surface area contributed by atoms with Crippen LogP contribution in [-0.2, 0) is 4.74 Å². The molecule has 4 nitrogen and oxygen atoms in total. The highest BCUT2D eigenvalue weighted by Crippen LogP contribution is 2.43. The first-order chi connectivity index (χ1) is 12.2. The van der Waals surface area contributed by atoms with Crippen LogP contribution in [0.3, 0.4) is 0 Å². The van der Waals surface area contributed by atoms with E-state index < -0.39 is 5.97 Å². The number of esters is 1. The van der Waals surface area contributed by atoms with E-state index in [-0.39, 0.29) is 5.78 Å². The highest BCUT2D eigenvalue weighted by Gasteiger charge is 2.29. The topological polar surface area (TPSA) is 52.6 Å². The van der Waals surface area contributed by atoms with E-state index in [1.807, 2.05) is 36.4 Å². The van der Waals surface area contributed by atoms with Crippen molar-refractivity contribution in [2.45, 2.75) is 0 Å². The van der Waals surface area contributed by atoms with Gasteiger partial charge in [-0.1, -0.05) is 60.7 Å². The molecule has 0 atom stereocenters. The summed E-state index contributed by atoms with van der Waals surface area (Å²) in [5.74, 6) is -0.283. The Morgan fingerprint density at radius 1 is 0.840 bits per heavy atom. The summed E-state index contributed by atoms with van der Waals surface area (Å²) in [4.78, 5) is 25.9. The Morgan fingerprint density at radius 3 is 2.00 bits per heavy atom. The van der Waals surface area contributed by atoms with Crippen molar-refractivity contribution in [2.24, 2.45) is 0 Å². The molecule has 0 bridgehead atoms. The van der Waals surface area contributed by atoms with Crippen molar-refractivity contribution in [1.29, 1.82) is 0 Å². The van der Waals surface area contributed by atoms with Crippen molar-refractivity contribution in [3.63, 3.8) is 0 Å². The minimum absolute atomic E-state index is 0.185. The molecule has 5 heteroatoms. The quantitative estimate of drug-likeness (QED) is 0.503. The largest absolute Gasteiger partial charge is 0.494 e. The molecule has 0 amide bonds. The van der Waals surface area contributed by atoms with Crippen LogP contribution in [0.2, 0.25) is 0 Å². The third-order valence-corrected chi connectivity index (χ3v) is 4.89. The van der Waals surface area contributed by atoms with E-state index >= 15 is 0 Å². The van der Waals surface area contributed by atoms with Crippen LogP contribution in [-0.4, -0.2) is 26.0 Å². The zero-order valence-electron chi connectivity index (χ0n) is 13.8. The van der Waals surface area contributed by atoms with Crippen LogP contribution in [0.1, 0.15) is 24.9 Å². The normalized spacial score (nSPS) is 10.3. The fraction of sp³-hybridized carbons (Fsp3) is 0.100. The number of carbonyl (C=O) groups excluding carboxylic acids is 2. The molecule has 0 aliphatic heterocycles. The summed E-state index contributed by atoms with van der Waals surface area (Å²) in [7, 11) is 2.82. The van der Waals surface area contributed by atoms with E-state index in [9.17, 15) is 9.59 Å². The highest BCUT2D eigenvalue weighted by molar-refractivity contribution is 7.17. The number of rotatable bonds is 5. The van der Waals surface area contributed by atoms with E-state index in [0.717, 1.165) is 16.9 Å². The van der Waals surface area contributed by atoms with Gasteiger partial charge in [-0.25, -0.2) is 4.79 Å². The second-order valence-electron chi connectivity index (χ2n) is 5.22. The number of thiophene rings is 1. The molecular weight excluding hydrogens is 336 g/mol. The number of ether oxygens (including phenoxy) is 2. The lowest BCUT2D eigenvalue weighted by Crippen LogP contribution is -2.01. The molecule has 0 aliphatic carbocycles. The van der Waals surface area contributed by atoms with Crippen molar-refractivity contribution in [3.8, 4) is 16.9 Å². The third kappa shape index (κ3) is 3.19. The van der Waals surface area contributed by atoms with E-state index in [2.05, 4.69) is 0 Å². The van der Waals surface area contributed by atoms with Gasteiger partial charge in [-0.3, -0.25) is 4.79 Å². The van der Waals surface area contributed by atoms with E-state index in [1.54, 1.807) is 24.3 Å². The van der Waals surface area contributed by atoms with Crippen molar-refractivity contribution in [1.82, 2.24) is 0 Å². The first kappa shape index (κ1) is 16.9. The molecular formula is C20H16O4S. The zero-order chi connectivity index (χ0) is 17.8. The van der Waals surface area contributed by atoms with Gasteiger partial charge in [-0.15, -0.1) is 11.3 Å². The Bertz CT molecular complexity index is 898. The maximum atomic E-state index is 12.9. The summed E-state index contributed by atoms with van der Waals surface area (Å²) >= 11 is 1.09. The van der Waals surface area contributed by atoms with Gasteiger partial charge >= 0.3 is 5.97 Å². The van der Waals surface area contributed by atoms with Gasteiger partial charge in [0.25, 0.3) is 0 Å². The van der Waals surface area contributed by atoms with Gasteiger partial charge in [0.2, 0.25) is 5.78 Å². The average Bonchev–Trinajstić information content (AvgIpc) is 3.07. The lowest BCUT2D eigenvalue weighted by molar-refractivity contribution is 0.0607. The van der Waals surface area contributed by atoms with Gasteiger partial charge in [-0.2, -0.15) is 0 Å². The number of methoxy groups -OCH3 is 2. The molecule has 0 unspecified atom stereocenters. The van der Waals surface area contributed by atoms with Crippen LogP contribution < -0.4 is 4.74 Å². The average molecular weight is 352 g/mol. The number of ketones is 1.